The summed E-state index contributed by atoms with van der Waals surface area (Å²) in [4.78, 5) is 32.4. The van der Waals surface area contributed by atoms with Crippen molar-refractivity contribution < 1.29 is 27.5 Å². The van der Waals surface area contributed by atoms with E-state index < -0.39 is 17.8 Å². The Kier molecular flexibility index (Phi) is 6.66. The van der Waals surface area contributed by atoms with Gasteiger partial charge in [0.05, 0.1) is 30.8 Å². The van der Waals surface area contributed by atoms with Gasteiger partial charge in [0, 0.05) is 31.3 Å². The number of ether oxygens (including phenoxy) is 1. The molecular weight excluding hydrogens is 539 g/mol. The van der Waals surface area contributed by atoms with E-state index in [0.29, 0.717) is 42.9 Å². The summed E-state index contributed by atoms with van der Waals surface area (Å²) in [5.41, 5.74) is -0.654. The highest BCUT2D eigenvalue weighted by atomic mass is 19.4. The molecule has 2 amide bonds. The molecule has 1 aliphatic heterocycles. The maximum absolute atomic E-state index is 14.1. The van der Waals surface area contributed by atoms with Crippen LogP contribution in [0.1, 0.15) is 33.6 Å². The molecular formula is C28H24F3N7O3. The highest BCUT2D eigenvalue weighted by Gasteiger charge is 2.36. The zero-order chi connectivity index (χ0) is 28.7. The molecule has 0 saturated carbocycles. The van der Waals surface area contributed by atoms with E-state index in [-0.39, 0.29) is 34.3 Å². The summed E-state index contributed by atoms with van der Waals surface area (Å²) in [5.74, 6) is -1.14. The van der Waals surface area contributed by atoms with Crippen LogP contribution < -0.4 is 5.32 Å². The van der Waals surface area contributed by atoms with E-state index in [1.165, 1.54) is 16.9 Å². The molecule has 41 heavy (non-hydrogen) atoms. The number of anilines is 1. The van der Waals surface area contributed by atoms with Gasteiger partial charge in [-0.05, 0) is 29.8 Å². The number of aromatic nitrogens is 5. The summed E-state index contributed by atoms with van der Waals surface area (Å²) >= 11 is 0. The zero-order valence-electron chi connectivity index (χ0n) is 21.9. The van der Waals surface area contributed by atoms with Crippen LogP contribution in [0.25, 0.3) is 27.7 Å². The van der Waals surface area contributed by atoms with Gasteiger partial charge in [-0.2, -0.15) is 23.4 Å². The fourth-order valence-corrected chi connectivity index (χ4v) is 4.83. The molecule has 5 aromatic rings. The third-order valence-corrected chi connectivity index (χ3v) is 6.88. The molecule has 0 spiro atoms. The third kappa shape index (κ3) is 4.99. The number of alkyl halides is 3. The number of aryl methyl sites for hydroxylation is 1. The SMILES string of the molecule is CCn1ncc(NC(=O)c2cc3nc(-c4ccc5ccccc5c4)cc(C(F)(F)F)n3n2)c1C(=O)N1CCOCC1. The second-order valence-corrected chi connectivity index (χ2v) is 9.47. The lowest BCUT2D eigenvalue weighted by atomic mass is 10.0. The van der Waals surface area contributed by atoms with Crippen molar-refractivity contribution in [3.63, 3.8) is 0 Å². The van der Waals surface area contributed by atoms with E-state index in [0.717, 1.165) is 16.8 Å². The molecule has 1 saturated heterocycles. The number of fused-ring (bicyclic) bond motifs is 2. The number of rotatable bonds is 5. The molecule has 2 aromatic carbocycles. The Labute approximate surface area is 231 Å². The van der Waals surface area contributed by atoms with Crippen LogP contribution in [0.5, 0.6) is 0 Å². The summed E-state index contributed by atoms with van der Waals surface area (Å²) in [6.45, 7) is 3.73. The van der Waals surface area contributed by atoms with Crippen molar-refractivity contribution in [2.24, 2.45) is 0 Å². The van der Waals surface area contributed by atoms with Gasteiger partial charge in [0.15, 0.2) is 17.0 Å². The predicted octanol–water partition coefficient (Wildman–Crippen LogP) is 4.51. The number of morpholine rings is 1. The number of hydrogen-bond acceptors (Lipinski definition) is 6. The fraction of sp³-hybridized carbons (Fsp3) is 0.250. The Morgan fingerprint density at radius 1 is 1.02 bits per heavy atom. The topological polar surface area (TPSA) is 107 Å². The standard InChI is InChI=1S/C28H24F3N7O3/c1-2-37-25(27(40)36-9-11-41-12-10-36)22(16-32-37)34-26(39)21-15-24-33-20(14-23(28(29,30)31)38(24)35-21)19-8-7-17-5-3-4-6-18(17)13-19/h3-8,13-16H,2,9-12H2,1H3,(H,34,39). The summed E-state index contributed by atoms with van der Waals surface area (Å²) in [7, 11) is 0. The Balaban J connectivity index is 1.36. The number of hydrogen-bond donors (Lipinski definition) is 1. The second kappa shape index (κ2) is 10.3. The molecule has 6 rings (SSSR count). The van der Waals surface area contributed by atoms with E-state index >= 15 is 0 Å². The first-order valence-electron chi connectivity index (χ1n) is 12.9. The first-order chi connectivity index (χ1) is 19.7. The molecule has 1 N–H and O–H groups in total. The fourth-order valence-electron chi connectivity index (χ4n) is 4.83. The molecule has 1 fully saturated rings. The molecule has 1 aliphatic rings. The van der Waals surface area contributed by atoms with Crippen LogP contribution in [0.3, 0.4) is 0 Å². The first-order valence-corrected chi connectivity index (χ1v) is 12.9. The highest BCUT2D eigenvalue weighted by Crippen LogP contribution is 2.33. The van der Waals surface area contributed by atoms with Gasteiger partial charge in [-0.3, -0.25) is 14.3 Å². The van der Waals surface area contributed by atoms with E-state index in [4.69, 9.17) is 4.74 Å². The van der Waals surface area contributed by atoms with Crippen LogP contribution >= 0.6 is 0 Å². The van der Waals surface area contributed by atoms with Gasteiger partial charge in [-0.1, -0.05) is 36.4 Å². The number of halogens is 3. The van der Waals surface area contributed by atoms with E-state index in [2.05, 4.69) is 20.5 Å². The van der Waals surface area contributed by atoms with E-state index in [1.54, 1.807) is 24.0 Å². The van der Waals surface area contributed by atoms with Crippen LogP contribution in [0.2, 0.25) is 0 Å². The number of nitrogens with one attached hydrogen (secondary N) is 1. The minimum absolute atomic E-state index is 0.0880. The Bertz CT molecular complexity index is 1790. The highest BCUT2D eigenvalue weighted by molar-refractivity contribution is 6.08. The van der Waals surface area contributed by atoms with Crippen molar-refractivity contribution in [1.29, 1.82) is 0 Å². The second-order valence-electron chi connectivity index (χ2n) is 9.47. The average Bonchev–Trinajstić information content (AvgIpc) is 3.60. The average molecular weight is 564 g/mol. The number of carbonyl (C=O) groups is 2. The van der Waals surface area contributed by atoms with E-state index in [1.807, 2.05) is 30.3 Å². The maximum Gasteiger partial charge on any atom is 0.433 e. The van der Waals surface area contributed by atoms with Crippen molar-refractivity contribution in [3.8, 4) is 11.3 Å². The van der Waals surface area contributed by atoms with Crippen LogP contribution in [0.15, 0.2) is 60.8 Å². The first kappa shape index (κ1) is 26.4. The molecule has 3 aromatic heterocycles. The summed E-state index contributed by atoms with van der Waals surface area (Å²) in [5, 5.41) is 12.5. The van der Waals surface area contributed by atoms with Gasteiger partial charge in [-0.15, -0.1) is 0 Å². The van der Waals surface area contributed by atoms with Gasteiger partial charge in [0.25, 0.3) is 11.8 Å². The van der Waals surface area contributed by atoms with Crippen LogP contribution in [-0.2, 0) is 17.5 Å². The zero-order valence-corrected chi connectivity index (χ0v) is 21.9. The Hall–Kier alpha value is -4.78. The van der Waals surface area contributed by atoms with Gasteiger partial charge >= 0.3 is 6.18 Å². The van der Waals surface area contributed by atoms with Gasteiger partial charge in [0.1, 0.15) is 5.69 Å². The molecule has 10 nitrogen and oxygen atoms in total. The summed E-state index contributed by atoms with van der Waals surface area (Å²) < 4.78 is 49.8. The van der Waals surface area contributed by atoms with Crippen LogP contribution in [0, 0.1) is 0 Å². The molecule has 0 radical (unpaired) electrons. The quantitative estimate of drug-likeness (QED) is 0.337. The predicted molar refractivity (Wildman–Crippen MR) is 144 cm³/mol. The van der Waals surface area contributed by atoms with Crippen LogP contribution in [-0.4, -0.2) is 67.4 Å². The Morgan fingerprint density at radius 3 is 2.51 bits per heavy atom. The van der Waals surface area contributed by atoms with Crippen LogP contribution in [0.4, 0.5) is 18.9 Å². The summed E-state index contributed by atoms with van der Waals surface area (Å²) in [6, 6.07) is 14.9. The number of amides is 2. The number of carbonyl (C=O) groups excluding carboxylic acids is 2. The smallest absolute Gasteiger partial charge is 0.378 e. The number of nitrogens with zero attached hydrogens (tertiary/aromatic N) is 6. The molecule has 0 unspecified atom stereocenters. The van der Waals surface area contributed by atoms with E-state index in [9.17, 15) is 22.8 Å². The van der Waals surface area contributed by atoms with Gasteiger partial charge in [0.2, 0.25) is 0 Å². The minimum Gasteiger partial charge on any atom is -0.378 e. The molecule has 0 bridgehead atoms. The monoisotopic (exact) mass is 563 g/mol. The minimum atomic E-state index is -4.77. The largest absolute Gasteiger partial charge is 0.433 e. The number of benzene rings is 2. The lowest BCUT2D eigenvalue weighted by Crippen LogP contribution is -2.41. The molecule has 210 valence electrons. The van der Waals surface area contributed by atoms with Crippen molar-refractivity contribution in [1.82, 2.24) is 29.3 Å². The van der Waals surface area contributed by atoms with Crippen molar-refractivity contribution >= 4 is 33.9 Å². The van der Waals surface area contributed by atoms with Crippen molar-refractivity contribution in [3.05, 3.63) is 77.9 Å². The molecule has 0 aliphatic carbocycles. The molecule has 13 heteroatoms. The Morgan fingerprint density at radius 2 is 1.78 bits per heavy atom. The maximum atomic E-state index is 14.1. The third-order valence-electron chi connectivity index (χ3n) is 6.88. The van der Waals surface area contributed by atoms with Crippen molar-refractivity contribution in [2.75, 3.05) is 31.6 Å². The van der Waals surface area contributed by atoms with Gasteiger partial charge in [-0.25, -0.2) is 9.50 Å². The summed E-state index contributed by atoms with van der Waals surface area (Å²) in [6.07, 6.45) is -3.44. The lowest BCUT2D eigenvalue weighted by Gasteiger charge is -2.27. The van der Waals surface area contributed by atoms with Gasteiger partial charge < -0.3 is 15.0 Å². The molecule has 4 heterocycles. The lowest BCUT2D eigenvalue weighted by molar-refractivity contribution is -0.142. The molecule has 0 atom stereocenters. The normalized spacial score (nSPS) is 14.1. The van der Waals surface area contributed by atoms with Crippen molar-refractivity contribution in [2.45, 2.75) is 19.6 Å².